The molecule has 2 aromatic carbocycles. The van der Waals surface area contributed by atoms with Crippen molar-refractivity contribution in [3.63, 3.8) is 0 Å². The number of carboxylic acid groups (broad SMARTS) is 1. The van der Waals surface area contributed by atoms with Gasteiger partial charge >= 0.3 is 5.97 Å². The van der Waals surface area contributed by atoms with Crippen LogP contribution >= 0.6 is 0 Å². The number of allylic oxidation sites excluding steroid dienone is 7. The van der Waals surface area contributed by atoms with E-state index in [1.165, 1.54) is 0 Å². The molecule has 5 heteroatoms. The molecule has 0 spiro atoms. The predicted molar refractivity (Wildman–Crippen MR) is 165 cm³/mol. The van der Waals surface area contributed by atoms with Gasteiger partial charge in [0.05, 0.1) is 29.3 Å². The number of rotatable bonds is 10. The fourth-order valence-electron chi connectivity index (χ4n) is 3.72. The maximum Gasteiger partial charge on any atom is 0.336 e. The molecule has 1 aliphatic rings. The summed E-state index contributed by atoms with van der Waals surface area (Å²) in [4.78, 5) is 12.2. The third-order valence-corrected chi connectivity index (χ3v) is 5.87. The SMILES string of the molecule is C=C(/C=C\C(C)=C\C)C1=CCC(/C=C(\C(=O)O)c2cccc(CC)c2)=NN1c1ccc(OCC)cc1.C=CC. The van der Waals surface area contributed by atoms with E-state index >= 15 is 0 Å². The summed E-state index contributed by atoms with van der Waals surface area (Å²) in [5.74, 6) is -0.207. The van der Waals surface area contributed by atoms with E-state index < -0.39 is 5.97 Å². The zero-order chi connectivity index (χ0) is 28.8. The van der Waals surface area contributed by atoms with Gasteiger partial charge in [-0.1, -0.05) is 73.7 Å². The zero-order valence-corrected chi connectivity index (χ0v) is 23.8. The van der Waals surface area contributed by atoms with E-state index in [0.29, 0.717) is 24.3 Å². The minimum Gasteiger partial charge on any atom is -0.494 e. The molecule has 1 heterocycles. The lowest BCUT2D eigenvalue weighted by atomic mass is 9.99. The van der Waals surface area contributed by atoms with Gasteiger partial charge in [0.25, 0.3) is 0 Å². The number of anilines is 1. The lowest BCUT2D eigenvalue weighted by molar-refractivity contribution is -0.130. The fraction of sp³-hybridized carbons (Fsp3) is 0.235. The topological polar surface area (TPSA) is 62.1 Å². The molecule has 0 saturated carbocycles. The zero-order valence-electron chi connectivity index (χ0n) is 23.8. The van der Waals surface area contributed by atoms with Crippen LogP contribution in [0, 0.1) is 0 Å². The van der Waals surface area contributed by atoms with Crippen molar-refractivity contribution in [2.75, 3.05) is 11.6 Å². The van der Waals surface area contributed by atoms with E-state index in [-0.39, 0.29) is 5.57 Å². The van der Waals surface area contributed by atoms with Crippen molar-refractivity contribution in [1.29, 1.82) is 0 Å². The smallest absolute Gasteiger partial charge is 0.336 e. The van der Waals surface area contributed by atoms with Gasteiger partial charge in [0.1, 0.15) is 5.75 Å². The summed E-state index contributed by atoms with van der Waals surface area (Å²) in [6, 6.07) is 15.3. The molecule has 1 aliphatic heterocycles. The van der Waals surface area contributed by atoms with Gasteiger partial charge in [-0.15, -0.1) is 6.58 Å². The lowest BCUT2D eigenvalue weighted by Gasteiger charge is -2.27. The average molecular weight is 525 g/mol. The van der Waals surface area contributed by atoms with Gasteiger partial charge in [0.15, 0.2) is 0 Å². The van der Waals surface area contributed by atoms with Crippen LogP contribution in [0.1, 0.15) is 52.2 Å². The van der Waals surface area contributed by atoms with E-state index in [0.717, 1.165) is 40.3 Å². The van der Waals surface area contributed by atoms with Crippen molar-refractivity contribution >= 4 is 22.9 Å². The van der Waals surface area contributed by atoms with Crippen LogP contribution < -0.4 is 9.75 Å². The Morgan fingerprint density at radius 2 is 1.82 bits per heavy atom. The Bertz CT molecular complexity index is 1310. The Labute approximate surface area is 233 Å². The molecule has 0 bridgehead atoms. The Morgan fingerprint density at radius 1 is 1.13 bits per heavy atom. The molecule has 0 fully saturated rings. The average Bonchev–Trinajstić information content (AvgIpc) is 2.95. The molecular weight excluding hydrogens is 484 g/mol. The van der Waals surface area contributed by atoms with Gasteiger partial charge in [-0.2, -0.15) is 5.10 Å². The van der Waals surface area contributed by atoms with Crippen LogP contribution in [-0.2, 0) is 11.2 Å². The predicted octanol–water partition coefficient (Wildman–Crippen LogP) is 8.54. The Morgan fingerprint density at radius 3 is 2.41 bits per heavy atom. The summed E-state index contributed by atoms with van der Waals surface area (Å²) in [6.45, 7) is 18.1. The van der Waals surface area contributed by atoms with Crippen molar-refractivity contribution in [2.45, 2.75) is 47.5 Å². The molecule has 0 amide bonds. The number of hydrogen-bond acceptors (Lipinski definition) is 4. The number of benzene rings is 2. The number of nitrogens with zero attached hydrogens (tertiary/aromatic N) is 2. The molecule has 0 aromatic heterocycles. The number of aliphatic carboxylic acids is 1. The highest BCUT2D eigenvalue weighted by atomic mass is 16.5. The van der Waals surface area contributed by atoms with Gasteiger partial charge in [-0.05, 0) is 81.2 Å². The summed E-state index contributed by atoms with van der Waals surface area (Å²) >= 11 is 0. The third kappa shape index (κ3) is 9.15. The van der Waals surface area contributed by atoms with Crippen molar-refractivity contribution < 1.29 is 14.6 Å². The quantitative estimate of drug-likeness (QED) is 0.192. The summed E-state index contributed by atoms with van der Waals surface area (Å²) in [7, 11) is 0. The van der Waals surface area contributed by atoms with Crippen LogP contribution in [0.25, 0.3) is 5.57 Å². The molecule has 0 unspecified atom stereocenters. The van der Waals surface area contributed by atoms with Gasteiger partial charge in [0.2, 0.25) is 0 Å². The lowest BCUT2D eigenvalue weighted by Crippen LogP contribution is -2.23. The van der Waals surface area contributed by atoms with Crippen LogP contribution in [-0.4, -0.2) is 23.4 Å². The number of aryl methyl sites for hydroxylation is 1. The molecule has 0 saturated heterocycles. The number of hydrogen-bond donors (Lipinski definition) is 1. The molecule has 1 N–H and O–H groups in total. The van der Waals surface area contributed by atoms with E-state index in [9.17, 15) is 9.90 Å². The van der Waals surface area contributed by atoms with E-state index in [2.05, 4.69) is 20.1 Å². The highest BCUT2D eigenvalue weighted by Gasteiger charge is 2.20. The first kappa shape index (κ1) is 30.8. The molecule has 0 radical (unpaired) electrons. The monoisotopic (exact) mass is 524 g/mol. The normalized spacial score (nSPS) is 13.7. The standard InChI is InChI=1S/C31H34N2O3.C3H6/c1-6-22(4)12-13-23(5)30-19-14-26(32-33(30)27-15-17-28(18-16-27)36-8-3)21-29(31(34)35)25-11-9-10-24(7-2)20-25;1-3-2/h6,9-13,15-21H,5,7-8,14H2,1-4H3,(H,34,35);3H,1H2,2H3/b13-12-,22-6+,29-21-;. The van der Waals surface area contributed by atoms with Crippen LogP contribution in [0.15, 0.2) is 120 Å². The Balaban J connectivity index is 0.00000170. The first-order chi connectivity index (χ1) is 18.8. The van der Waals surface area contributed by atoms with E-state index in [1.807, 2.05) is 106 Å². The van der Waals surface area contributed by atoms with Crippen molar-refractivity contribution in [1.82, 2.24) is 0 Å². The number of carbonyl (C=O) groups is 1. The summed E-state index contributed by atoms with van der Waals surface area (Å²) in [5.41, 5.74) is 6.24. The highest BCUT2D eigenvalue weighted by molar-refractivity contribution is 6.21. The van der Waals surface area contributed by atoms with Crippen LogP contribution in [0.4, 0.5) is 5.69 Å². The largest absolute Gasteiger partial charge is 0.494 e. The van der Waals surface area contributed by atoms with Gasteiger partial charge in [0, 0.05) is 6.42 Å². The Hall–Kier alpha value is -4.38. The number of hydrazone groups is 1. The Kier molecular flexibility index (Phi) is 12.5. The van der Waals surface area contributed by atoms with Crippen LogP contribution in [0.2, 0.25) is 0 Å². The molecule has 5 nitrogen and oxygen atoms in total. The molecule has 204 valence electrons. The van der Waals surface area contributed by atoms with Gasteiger partial charge in [-0.25, -0.2) is 9.80 Å². The van der Waals surface area contributed by atoms with Gasteiger partial charge in [-0.3, -0.25) is 0 Å². The summed E-state index contributed by atoms with van der Waals surface area (Å²) in [5, 5.41) is 16.6. The maximum atomic E-state index is 12.2. The first-order valence-corrected chi connectivity index (χ1v) is 13.2. The third-order valence-electron chi connectivity index (χ3n) is 5.87. The summed E-state index contributed by atoms with van der Waals surface area (Å²) < 4.78 is 5.59. The minimum atomic E-state index is -0.984. The summed E-state index contributed by atoms with van der Waals surface area (Å²) in [6.07, 6.45) is 12.8. The number of ether oxygens (including phenoxy) is 1. The van der Waals surface area contributed by atoms with Crippen molar-refractivity contribution in [3.8, 4) is 5.75 Å². The molecule has 2 aromatic rings. The highest BCUT2D eigenvalue weighted by Crippen LogP contribution is 2.30. The van der Waals surface area contributed by atoms with E-state index in [4.69, 9.17) is 9.84 Å². The van der Waals surface area contributed by atoms with Crippen molar-refractivity contribution in [3.05, 3.63) is 126 Å². The fourth-order valence-corrected chi connectivity index (χ4v) is 3.72. The molecule has 0 aliphatic carbocycles. The first-order valence-electron chi connectivity index (χ1n) is 13.2. The van der Waals surface area contributed by atoms with E-state index in [1.54, 1.807) is 12.2 Å². The van der Waals surface area contributed by atoms with Crippen molar-refractivity contribution in [2.24, 2.45) is 5.10 Å². The molecule has 3 rings (SSSR count). The second-order valence-corrected chi connectivity index (χ2v) is 8.84. The second-order valence-electron chi connectivity index (χ2n) is 8.84. The second kappa shape index (κ2) is 15.8. The van der Waals surface area contributed by atoms with Crippen LogP contribution in [0.5, 0.6) is 5.75 Å². The maximum absolute atomic E-state index is 12.2. The number of carboxylic acids is 1. The van der Waals surface area contributed by atoms with Gasteiger partial charge < -0.3 is 9.84 Å². The molecular formula is C34H40N2O3. The van der Waals surface area contributed by atoms with Crippen LogP contribution in [0.3, 0.4) is 0 Å². The molecule has 39 heavy (non-hydrogen) atoms. The minimum absolute atomic E-state index is 0.218. The molecule has 0 atom stereocenters.